The SMILES string of the molecule is [2H]C([2H])([2H])NC(=O)c1nnc(Nc2cnn(C)n2)cc1Nc1ncccc1S(C)(=O)=O. The summed E-state index contributed by atoms with van der Waals surface area (Å²) in [6.45, 7) is -2.77. The van der Waals surface area contributed by atoms with Gasteiger partial charge in [0.05, 0.1) is 11.9 Å². The van der Waals surface area contributed by atoms with Crippen molar-refractivity contribution in [3.63, 3.8) is 0 Å². The normalized spacial score (nSPS) is 13.1. The summed E-state index contributed by atoms with van der Waals surface area (Å²) in [5.41, 5.74) is -0.419. The molecule has 3 heterocycles. The first-order valence-corrected chi connectivity index (χ1v) is 9.57. The summed E-state index contributed by atoms with van der Waals surface area (Å²) in [6.07, 6.45) is 3.78. The molecule has 12 nitrogen and oxygen atoms in total. The number of hydrogen-bond donors (Lipinski definition) is 3. The third kappa shape index (κ3) is 4.20. The first-order chi connectivity index (χ1) is 14.4. The number of anilines is 4. The van der Waals surface area contributed by atoms with Crippen LogP contribution in [-0.2, 0) is 16.9 Å². The van der Waals surface area contributed by atoms with Gasteiger partial charge in [-0.15, -0.1) is 15.3 Å². The molecular formula is C15H17N9O3S. The highest BCUT2D eigenvalue weighted by Gasteiger charge is 2.19. The molecule has 0 saturated carbocycles. The van der Waals surface area contributed by atoms with Crippen LogP contribution in [0, 0.1) is 0 Å². The van der Waals surface area contributed by atoms with E-state index in [1.807, 2.05) is 5.32 Å². The summed E-state index contributed by atoms with van der Waals surface area (Å²) in [7, 11) is -2.05. The van der Waals surface area contributed by atoms with Gasteiger partial charge < -0.3 is 16.0 Å². The van der Waals surface area contributed by atoms with Crippen LogP contribution < -0.4 is 16.0 Å². The van der Waals surface area contributed by atoms with Gasteiger partial charge in [0.2, 0.25) is 0 Å². The van der Waals surface area contributed by atoms with Gasteiger partial charge in [-0.3, -0.25) is 4.79 Å². The highest BCUT2D eigenvalue weighted by atomic mass is 32.2. The first-order valence-electron chi connectivity index (χ1n) is 9.18. The molecule has 0 aromatic carbocycles. The molecule has 0 spiro atoms. The summed E-state index contributed by atoms with van der Waals surface area (Å²) in [6, 6.07) is 4.10. The molecule has 3 rings (SSSR count). The number of hydrogen-bond acceptors (Lipinski definition) is 10. The third-order valence-electron chi connectivity index (χ3n) is 3.40. The molecule has 0 radical (unpaired) electrons. The smallest absolute Gasteiger partial charge is 0.273 e. The fourth-order valence-corrected chi connectivity index (χ4v) is 3.00. The van der Waals surface area contributed by atoms with E-state index in [9.17, 15) is 13.2 Å². The van der Waals surface area contributed by atoms with Crippen LogP contribution >= 0.6 is 0 Å². The second kappa shape index (κ2) is 7.56. The monoisotopic (exact) mass is 406 g/mol. The molecule has 0 unspecified atom stereocenters. The molecule has 146 valence electrons. The van der Waals surface area contributed by atoms with Crippen molar-refractivity contribution in [1.29, 1.82) is 0 Å². The van der Waals surface area contributed by atoms with Gasteiger partial charge in [0.25, 0.3) is 5.91 Å². The van der Waals surface area contributed by atoms with E-state index in [-0.39, 0.29) is 27.9 Å². The average molecular weight is 406 g/mol. The molecule has 0 saturated heterocycles. The van der Waals surface area contributed by atoms with Gasteiger partial charge in [0, 0.05) is 36.7 Å². The fraction of sp³-hybridized carbons (Fsp3) is 0.200. The lowest BCUT2D eigenvalue weighted by Crippen LogP contribution is -2.22. The molecule has 1 amide bonds. The number of aryl methyl sites for hydroxylation is 1. The summed E-state index contributed by atoms with van der Waals surface area (Å²) in [5, 5.41) is 22.9. The zero-order chi connectivity index (χ0) is 22.8. The van der Waals surface area contributed by atoms with Crippen molar-refractivity contribution in [2.24, 2.45) is 7.05 Å². The Morgan fingerprint density at radius 1 is 1.25 bits per heavy atom. The van der Waals surface area contributed by atoms with Crippen LogP contribution in [0.2, 0.25) is 0 Å². The highest BCUT2D eigenvalue weighted by Crippen LogP contribution is 2.26. The van der Waals surface area contributed by atoms with Crippen molar-refractivity contribution >= 4 is 38.9 Å². The van der Waals surface area contributed by atoms with Gasteiger partial charge in [-0.05, 0) is 12.1 Å². The summed E-state index contributed by atoms with van der Waals surface area (Å²) >= 11 is 0. The molecule has 13 heteroatoms. The molecule has 3 N–H and O–H groups in total. The minimum atomic E-state index is -3.66. The van der Waals surface area contributed by atoms with Gasteiger partial charge in [-0.1, -0.05) is 0 Å². The number of pyridine rings is 1. The molecule has 0 aliphatic carbocycles. The number of sulfone groups is 1. The average Bonchev–Trinajstić information content (AvgIpc) is 3.04. The van der Waals surface area contributed by atoms with E-state index in [1.165, 1.54) is 35.4 Å². The first kappa shape index (κ1) is 15.4. The molecule has 0 aliphatic rings. The Hall–Kier alpha value is -3.61. The standard InChI is InChI=1S/C15H17N9O3S/c1-16-15(25)13-9(19-14-10(28(3,26)27)5-4-6-17-14)7-11(21-22-13)20-12-8-18-24(2)23-12/h4-8H,1-3H3,(H,16,25)(H2,17,19,20,21,23)/i1D3. The fourth-order valence-electron chi connectivity index (χ4n) is 2.22. The topological polar surface area (TPSA) is 157 Å². The number of carbonyl (C=O) groups is 1. The number of carbonyl (C=O) groups excluding carboxylic acids is 1. The Balaban J connectivity index is 2.04. The van der Waals surface area contributed by atoms with E-state index in [0.717, 1.165) is 6.26 Å². The number of nitrogens with zero attached hydrogens (tertiary/aromatic N) is 6. The Labute approximate surface area is 164 Å². The predicted octanol–water partition coefficient (Wildman–Crippen LogP) is 0.250. The van der Waals surface area contributed by atoms with Crippen LogP contribution in [-0.4, -0.2) is 57.7 Å². The molecule has 28 heavy (non-hydrogen) atoms. The van der Waals surface area contributed by atoms with Crippen LogP contribution in [0.4, 0.5) is 23.1 Å². The molecule has 3 aromatic rings. The maximum atomic E-state index is 12.4. The zero-order valence-electron chi connectivity index (χ0n) is 17.7. The Morgan fingerprint density at radius 2 is 2.07 bits per heavy atom. The van der Waals surface area contributed by atoms with Crippen molar-refractivity contribution < 1.29 is 17.3 Å². The van der Waals surface area contributed by atoms with E-state index in [4.69, 9.17) is 4.11 Å². The quantitative estimate of drug-likeness (QED) is 0.518. The highest BCUT2D eigenvalue weighted by molar-refractivity contribution is 7.90. The van der Waals surface area contributed by atoms with E-state index in [1.54, 1.807) is 7.05 Å². The third-order valence-corrected chi connectivity index (χ3v) is 4.53. The lowest BCUT2D eigenvalue weighted by atomic mass is 10.3. The minimum absolute atomic E-state index is 0.0354. The summed E-state index contributed by atoms with van der Waals surface area (Å²) < 4.78 is 45.8. The van der Waals surface area contributed by atoms with Crippen LogP contribution in [0.15, 0.2) is 35.5 Å². The van der Waals surface area contributed by atoms with Gasteiger partial charge >= 0.3 is 0 Å². The van der Waals surface area contributed by atoms with E-state index in [0.29, 0.717) is 5.82 Å². The largest absolute Gasteiger partial charge is 0.354 e. The zero-order valence-corrected chi connectivity index (χ0v) is 15.5. The van der Waals surface area contributed by atoms with E-state index < -0.39 is 22.7 Å². The Kier molecular flexibility index (Phi) is 4.17. The van der Waals surface area contributed by atoms with Crippen molar-refractivity contribution in [3.05, 3.63) is 36.3 Å². The lowest BCUT2D eigenvalue weighted by molar-refractivity contribution is 0.0958. The van der Waals surface area contributed by atoms with Crippen molar-refractivity contribution in [3.8, 4) is 0 Å². The number of amides is 1. The van der Waals surface area contributed by atoms with Crippen LogP contribution in [0.1, 0.15) is 14.6 Å². The van der Waals surface area contributed by atoms with Gasteiger partial charge in [0.1, 0.15) is 10.7 Å². The van der Waals surface area contributed by atoms with Crippen molar-refractivity contribution in [2.45, 2.75) is 4.90 Å². The Bertz CT molecular complexity index is 1230. The number of nitrogens with one attached hydrogen (secondary N) is 3. The molecule has 0 atom stereocenters. The maximum absolute atomic E-state index is 12.4. The van der Waals surface area contributed by atoms with Gasteiger partial charge in [-0.25, -0.2) is 13.4 Å². The predicted molar refractivity (Wildman–Crippen MR) is 100 cm³/mol. The van der Waals surface area contributed by atoms with Crippen LogP contribution in [0.3, 0.4) is 0 Å². The lowest BCUT2D eigenvalue weighted by Gasteiger charge is -2.13. The molecule has 0 bridgehead atoms. The number of aromatic nitrogens is 6. The van der Waals surface area contributed by atoms with Crippen molar-refractivity contribution in [2.75, 3.05) is 23.9 Å². The van der Waals surface area contributed by atoms with Crippen LogP contribution in [0.5, 0.6) is 0 Å². The maximum Gasteiger partial charge on any atom is 0.273 e. The number of rotatable bonds is 6. The second-order valence-corrected chi connectivity index (χ2v) is 7.52. The molecule has 0 fully saturated rings. The van der Waals surface area contributed by atoms with Gasteiger partial charge in [-0.2, -0.15) is 9.90 Å². The summed E-state index contributed by atoms with van der Waals surface area (Å²) in [5.74, 6) is -0.661. The molecule has 3 aromatic heterocycles. The molecule has 0 aliphatic heterocycles. The van der Waals surface area contributed by atoms with Crippen molar-refractivity contribution in [1.82, 2.24) is 35.5 Å². The minimum Gasteiger partial charge on any atom is -0.354 e. The van der Waals surface area contributed by atoms with Gasteiger partial charge in [0.15, 0.2) is 27.2 Å². The van der Waals surface area contributed by atoms with E-state index in [2.05, 4.69) is 36.0 Å². The van der Waals surface area contributed by atoms with Crippen LogP contribution in [0.25, 0.3) is 0 Å². The summed E-state index contributed by atoms with van der Waals surface area (Å²) in [4.78, 5) is 17.6. The molecular weight excluding hydrogens is 386 g/mol. The van der Waals surface area contributed by atoms with E-state index >= 15 is 0 Å². The second-order valence-electron chi connectivity index (χ2n) is 5.54. The Morgan fingerprint density at radius 3 is 2.75 bits per heavy atom.